The molecule has 0 radical (unpaired) electrons. The topological polar surface area (TPSA) is 76.1 Å². The van der Waals surface area contributed by atoms with Gasteiger partial charge < -0.3 is 19.5 Å². The van der Waals surface area contributed by atoms with E-state index in [1.807, 2.05) is 25.1 Å². The zero-order chi connectivity index (χ0) is 26.7. The highest BCUT2D eigenvalue weighted by Gasteiger charge is 2.46. The molecule has 0 bridgehead atoms. The van der Waals surface area contributed by atoms with Crippen LogP contribution < -0.4 is 9.47 Å². The van der Waals surface area contributed by atoms with Crippen LogP contribution in [-0.4, -0.2) is 35.4 Å². The van der Waals surface area contributed by atoms with Gasteiger partial charge in [0.25, 0.3) is 11.7 Å². The van der Waals surface area contributed by atoms with Crippen molar-refractivity contribution in [1.29, 1.82) is 0 Å². The molecule has 0 saturated carbocycles. The number of aryl methyl sites for hydroxylation is 1. The smallest absolute Gasteiger partial charge is 0.295 e. The minimum Gasteiger partial charge on any atom is -0.507 e. The van der Waals surface area contributed by atoms with Gasteiger partial charge in [-0.15, -0.1) is 0 Å². The fourth-order valence-corrected chi connectivity index (χ4v) is 4.55. The minimum atomic E-state index is -0.806. The van der Waals surface area contributed by atoms with Gasteiger partial charge in [-0.2, -0.15) is 0 Å². The zero-order valence-corrected chi connectivity index (χ0v) is 22.1. The Morgan fingerprint density at radius 2 is 1.73 bits per heavy atom. The molecular weight excluding hydrogens is 490 g/mol. The van der Waals surface area contributed by atoms with Crippen LogP contribution in [0.1, 0.15) is 42.1 Å². The maximum Gasteiger partial charge on any atom is 0.295 e. The fourth-order valence-electron chi connectivity index (χ4n) is 4.42. The number of aliphatic hydroxyl groups is 1. The Kier molecular flexibility index (Phi) is 7.89. The van der Waals surface area contributed by atoms with Crippen molar-refractivity contribution in [1.82, 2.24) is 4.90 Å². The molecule has 192 valence electrons. The summed E-state index contributed by atoms with van der Waals surface area (Å²) in [4.78, 5) is 28.1. The number of carbonyl (C=O) groups is 2. The van der Waals surface area contributed by atoms with Gasteiger partial charge in [0.15, 0.2) is 0 Å². The Bertz CT molecular complexity index is 1350. The Morgan fingerprint density at radius 3 is 2.38 bits per heavy atom. The normalized spacial score (nSPS) is 16.9. The molecular formula is C30H30ClNO5. The molecule has 1 aliphatic heterocycles. The average molecular weight is 520 g/mol. The van der Waals surface area contributed by atoms with Crippen molar-refractivity contribution in [3.05, 3.63) is 99.6 Å². The third-order valence-corrected chi connectivity index (χ3v) is 6.53. The Labute approximate surface area is 222 Å². The SMILES string of the molecule is COc1ccccc1CN1C(=O)C(=O)/C(=C(\O)c2ccc(OCC(C)C)c(C)c2)C1c1ccc(Cl)cc1. The summed E-state index contributed by atoms with van der Waals surface area (Å²) in [6, 6.07) is 18.7. The summed E-state index contributed by atoms with van der Waals surface area (Å²) in [6.07, 6.45) is 0. The molecule has 6 nitrogen and oxygen atoms in total. The van der Waals surface area contributed by atoms with Crippen molar-refractivity contribution in [3.63, 3.8) is 0 Å². The van der Waals surface area contributed by atoms with Gasteiger partial charge in [-0.25, -0.2) is 0 Å². The van der Waals surface area contributed by atoms with E-state index in [9.17, 15) is 14.7 Å². The van der Waals surface area contributed by atoms with E-state index in [0.29, 0.717) is 40.2 Å². The number of methoxy groups -OCH3 is 1. The number of carbonyl (C=O) groups excluding carboxylic acids is 2. The van der Waals surface area contributed by atoms with Crippen LogP contribution in [0.2, 0.25) is 5.02 Å². The molecule has 1 amide bonds. The van der Waals surface area contributed by atoms with Gasteiger partial charge in [0.05, 0.1) is 31.9 Å². The number of amides is 1. The molecule has 0 spiro atoms. The lowest BCUT2D eigenvalue weighted by Crippen LogP contribution is -2.29. The molecule has 3 aromatic rings. The van der Waals surface area contributed by atoms with Crippen molar-refractivity contribution in [2.45, 2.75) is 33.4 Å². The molecule has 1 unspecified atom stereocenters. The number of hydrogen-bond donors (Lipinski definition) is 1. The third-order valence-electron chi connectivity index (χ3n) is 6.28. The molecule has 1 saturated heterocycles. The van der Waals surface area contributed by atoms with Crippen LogP contribution in [0.25, 0.3) is 5.76 Å². The predicted molar refractivity (Wildman–Crippen MR) is 144 cm³/mol. The number of para-hydroxylation sites is 1. The van der Waals surface area contributed by atoms with E-state index in [1.165, 1.54) is 4.90 Å². The second-order valence-electron chi connectivity index (χ2n) is 9.48. The van der Waals surface area contributed by atoms with Crippen molar-refractivity contribution >= 4 is 29.1 Å². The average Bonchev–Trinajstić information content (AvgIpc) is 3.13. The Morgan fingerprint density at radius 1 is 1.03 bits per heavy atom. The maximum atomic E-state index is 13.4. The Balaban J connectivity index is 1.80. The van der Waals surface area contributed by atoms with E-state index in [4.69, 9.17) is 21.1 Å². The van der Waals surface area contributed by atoms with Gasteiger partial charge in [-0.05, 0) is 60.4 Å². The molecule has 1 heterocycles. The molecule has 1 atom stereocenters. The van der Waals surface area contributed by atoms with Gasteiger partial charge in [0.2, 0.25) is 0 Å². The minimum absolute atomic E-state index is 0.0254. The number of hydrogen-bond acceptors (Lipinski definition) is 5. The number of benzene rings is 3. The molecule has 37 heavy (non-hydrogen) atoms. The van der Waals surface area contributed by atoms with Crippen molar-refractivity contribution in [2.75, 3.05) is 13.7 Å². The van der Waals surface area contributed by atoms with Crippen LogP contribution >= 0.6 is 11.6 Å². The lowest BCUT2D eigenvalue weighted by atomic mass is 9.94. The van der Waals surface area contributed by atoms with Crippen LogP contribution in [-0.2, 0) is 16.1 Å². The highest BCUT2D eigenvalue weighted by Crippen LogP contribution is 2.41. The summed E-state index contributed by atoms with van der Waals surface area (Å²) in [5, 5.41) is 11.9. The second-order valence-corrected chi connectivity index (χ2v) is 9.91. The number of ether oxygens (including phenoxy) is 2. The first-order chi connectivity index (χ1) is 17.7. The molecule has 1 fully saturated rings. The molecule has 4 rings (SSSR count). The molecule has 1 aliphatic rings. The van der Waals surface area contributed by atoms with E-state index in [2.05, 4.69) is 13.8 Å². The standard InChI is InChI=1S/C30H30ClNO5/c1-18(2)17-37-24-14-11-21(15-19(24)3)28(33)26-27(20-9-12-23(31)13-10-20)32(30(35)29(26)34)16-22-7-5-6-8-25(22)36-4/h5-15,18,27,33H,16-17H2,1-4H3/b28-26-. The van der Waals surface area contributed by atoms with Crippen molar-refractivity contribution in [3.8, 4) is 11.5 Å². The van der Waals surface area contributed by atoms with Crippen LogP contribution in [0.3, 0.4) is 0 Å². The molecule has 0 aliphatic carbocycles. The number of rotatable bonds is 8. The van der Waals surface area contributed by atoms with Crippen molar-refractivity contribution < 1.29 is 24.2 Å². The quantitative estimate of drug-likeness (QED) is 0.214. The molecule has 3 aromatic carbocycles. The second kappa shape index (κ2) is 11.1. The summed E-state index contributed by atoms with van der Waals surface area (Å²) < 4.78 is 11.3. The first-order valence-corrected chi connectivity index (χ1v) is 12.5. The third kappa shape index (κ3) is 5.49. The highest BCUT2D eigenvalue weighted by molar-refractivity contribution is 6.46. The summed E-state index contributed by atoms with van der Waals surface area (Å²) in [7, 11) is 1.56. The number of halogens is 1. The van der Waals surface area contributed by atoms with Gasteiger partial charge in [-0.3, -0.25) is 9.59 Å². The number of Topliss-reactive ketones (excluding diaryl/α,β-unsaturated/α-hetero) is 1. The fraction of sp³-hybridized carbons (Fsp3) is 0.267. The lowest BCUT2D eigenvalue weighted by molar-refractivity contribution is -0.140. The van der Waals surface area contributed by atoms with Crippen LogP contribution in [0.4, 0.5) is 0 Å². The van der Waals surface area contributed by atoms with Gasteiger partial charge in [0, 0.05) is 16.1 Å². The summed E-state index contributed by atoms with van der Waals surface area (Å²) in [6.45, 7) is 6.70. The van der Waals surface area contributed by atoms with Crippen molar-refractivity contribution in [2.24, 2.45) is 5.92 Å². The largest absolute Gasteiger partial charge is 0.507 e. The van der Waals surface area contributed by atoms with Crippen LogP contribution in [0.5, 0.6) is 11.5 Å². The van der Waals surface area contributed by atoms with Gasteiger partial charge in [-0.1, -0.05) is 55.8 Å². The van der Waals surface area contributed by atoms with Crippen LogP contribution in [0.15, 0.2) is 72.3 Å². The summed E-state index contributed by atoms with van der Waals surface area (Å²) >= 11 is 6.12. The first-order valence-electron chi connectivity index (χ1n) is 12.1. The van der Waals surface area contributed by atoms with Gasteiger partial charge >= 0.3 is 0 Å². The number of aliphatic hydroxyl groups excluding tert-OH is 1. The van der Waals surface area contributed by atoms with E-state index in [-0.39, 0.29) is 17.9 Å². The van der Waals surface area contributed by atoms with E-state index in [0.717, 1.165) is 11.1 Å². The highest BCUT2D eigenvalue weighted by atomic mass is 35.5. The monoisotopic (exact) mass is 519 g/mol. The lowest BCUT2D eigenvalue weighted by Gasteiger charge is -2.26. The predicted octanol–water partition coefficient (Wildman–Crippen LogP) is 6.31. The van der Waals surface area contributed by atoms with Crippen LogP contribution in [0, 0.1) is 12.8 Å². The Hall–Kier alpha value is -3.77. The van der Waals surface area contributed by atoms with E-state index >= 15 is 0 Å². The summed E-state index contributed by atoms with van der Waals surface area (Å²) in [5.41, 5.74) is 2.68. The number of nitrogens with zero attached hydrogens (tertiary/aromatic N) is 1. The number of ketones is 1. The zero-order valence-electron chi connectivity index (χ0n) is 21.3. The van der Waals surface area contributed by atoms with E-state index < -0.39 is 17.7 Å². The molecule has 1 N–H and O–H groups in total. The van der Waals surface area contributed by atoms with Gasteiger partial charge in [0.1, 0.15) is 17.3 Å². The number of likely N-dealkylation sites (tertiary alicyclic amines) is 1. The molecule has 0 aromatic heterocycles. The first kappa shape index (κ1) is 26.3. The molecule has 7 heteroatoms. The van der Waals surface area contributed by atoms with E-state index in [1.54, 1.807) is 55.6 Å². The maximum absolute atomic E-state index is 13.4. The summed E-state index contributed by atoms with van der Waals surface area (Å²) in [5.74, 6) is -0.000412.